The Labute approximate surface area is 210 Å². The van der Waals surface area contributed by atoms with E-state index in [1.807, 2.05) is 13.0 Å². The van der Waals surface area contributed by atoms with E-state index in [4.69, 9.17) is 9.02 Å². The molecule has 0 amide bonds. The van der Waals surface area contributed by atoms with Crippen molar-refractivity contribution in [2.45, 2.75) is 73.5 Å². The van der Waals surface area contributed by atoms with Gasteiger partial charge in [-0.05, 0) is 81.7 Å². The van der Waals surface area contributed by atoms with E-state index in [0.717, 1.165) is 29.8 Å². The molecule has 2 aliphatic heterocycles. The van der Waals surface area contributed by atoms with Crippen LogP contribution in [0.4, 0.5) is 0 Å². The van der Waals surface area contributed by atoms with Crippen LogP contribution < -0.4 is 4.74 Å². The first kappa shape index (κ1) is 22.6. The molecule has 3 aliphatic carbocycles. The molecular formula is C27H30N2O6S. The molecule has 2 N–H and O–H groups in total. The molecule has 2 heterocycles. The summed E-state index contributed by atoms with van der Waals surface area (Å²) in [5.74, 6) is 1.13. The number of hydrogen-bond donors (Lipinski definition) is 2. The van der Waals surface area contributed by atoms with E-state index in [0.29, 0.717) is 43.1 Å². The third-order valence-electron chi connectivity index (χ3n) is 9.14. The first-order chi connectivity index (χ1) is 17.2. The summed E-state index contributed by atoms with van der Waals surface area (Å²) in [5.41, 5.74) is 1.48. The number of phenols is 1. The Kier molecular flexibility index (Phi) is 4.68. The lowest BCUT2D eigenvalue weighted by atomic mass is 9.49. The van der Waals surface area contributed by atoms with Crippen LogP contribution in [0, 0.1) is 12.8 Å². The maximum Gasteiger partial charge on any atom is 0.358 e. The number of aromatic hydroxyl groups is 1. The molecule has 7 rings (SSSR count). The Morgan fingerprint density at radius 2 is 1.94 bits per heavy atom. The van der Waals surface area contributed by atoms with Gasteiger partial charge in [-0.15, -0.1) is 0 Å². The zero-order chi connectivity index (χ0) is 24.9. The molecule has 0 radical (unpaired) electrons. The van der Waals surface area contributed by atoms with Gasteiger partial charge in [0, 0.05) is 18.2 Å². The largest absolute Gasteiger partial charge is 0.504 e. The van der Waals surface area contributed by atoms with Crippen molar-refractivity contribution in [2.75, 3.05) is 13.1 Å². The number of ether oxygens (including phenoxy) is 1. The van der Waals surface area contributed by atoms with Crippen molar-refractivity contribution in [1.29, 1.82) is 0 Å². The minimum atomic E-state index is -4.11. The van der Waals surface area contributed by atoms with Crippen molar-refractivity contribution in [3.63, 3.8) is 0 Å². The molecule has 9 heteroatoms. The highest BCUT2D eigenvalue weighted by Gasteiger charge is 2.72. The minimum absolute atomic E-state index is 0.0320. The summed E-state index contributed by atoms with van der Waals surface area (Å²) in [4.78, 5) is 2.48. The van der Waals surface area contributed by atoms with Gasteiger partial charge in [-0.25, -0.2) is 0 Å². The third kappa shape index (κ3) is 2.99. The lowest BCUT2D eigenvalue weighted by Crippen LogP contribution is -2.76. The molecule has 2 aromatic carbocycles. The van der Waals surface area contributed by atoms with Gasteiger partial charge in [-0.3, -0.25) is 9.18 Å². The second-order valence-corrected chi connectivity index (χ2v) is 12.7. The first-order valence-corrected chi connectivity index (χ1v) is 14.2. The molecule has 2 aromatic rings. The zero-order valence-corrected chi connectivity index (χ0v) is 21.0. The molecule has 3 fully saturated rings. The second-order valence-electron chi connectivity index (χ2n) is 11.2. The van der Waals surface area contributed by atoms with Gasteiger partial charge in [0.25, 0.3) is 0 Å². The number of likely N-dealkylation sites (tertiary alicyclic amines) is 1. The topological polar surface area (TPSA) is 109 Å². The van der Waals surface area contributed by atoms with Gasteiger partial charge in [0.15, 0.2) is 17.6 Å². The van der Waals surface area contributed by atoms with Crippen molar-refractivity contribution < 1.29 is 27.7 Å². The van der Waals surface area contributed by atoms with Crippen LogP contribution in [-0.4, -0.2) is 60.1 Å². The van der Waals surface area contributed by atoms with Gasteiger partial charge in [-0.1, -0.05) is 28.9 Å². The fraction of sp³-hybridized carbons (Fsp3) is 0.519. The standard InChI is InChI=1S/C27H30N2O6S/c1-16-2-7-19(8-3-16)36(32,33)35-28-20-10-11-27(31)22-14-18-6-9-21(30)24-23(18)26(27,25(20)34-24)12-13-29(22)15-17-4-5-17/h2-3,6-9,17,22,25,30-31H,4-5,10-15H2,1H3/b28-20-/t22-,25+,26+,27-/m1/s1. The number of aryl methyl sites for hydroxylation is 1. The summed E-state index contributed by atoms with van der Waals surface area (Å²) in [6.07, 6.45) is 3.92. The molecule has 8 nitrogen and oxygen atoms in total. The number of oxime groups is 1. The fourth-order valence-corrected chi connectivity index (χ4v) is 7.97. The average Bonchev–Trinajstić information content (AvgIpc) is 3.59. The molecule has 0 unspecified atom stereocenters. The van der Waals surface area contributed by atoms with Gasteiger partial charge >= 0.3 is 10.1 Å². The minimum Gasteiger partial charge on any atom is -0.504 e. The molecular weight excluding hydrogens is 480 g/mol. The molecule has 190 valence electrons. The SMILES string of the molecule is Cc1ccc(S(=O)(=O)O/N=C2/CC[C@@]3(O)[C@H]4Cc5ccc(O)c6c5[C@@]3(CCN4CC3CC3)[C@H]2O6)cc1. The highest BCUT2D eigenvalue weighted by atomic mass is 32.2. The van der Waals surface area contributed by atoms with Crippen LogP contribution in [0.2, 0.25) is 0 Å². The van der Waals surface area contributed by atoms with E-state index < -0.39 is 27.2 Å². The van der Waals surface area contributed by atoms with Gasteiger partial charge in [0.1, 0.15) is 10.6 Å². The number of benzene rings is 2. The Morgan fingerprint density at radius 1 is 1.17 bits per heavy atom. The van der Waals surface area contributed by atoms with E-state index in [1.165, 1.54) is 25.0 Å². The Hall–Kier alpha value is -2.62. The van der Waals surface area contributed by atoms with E-state index in [9.17, 15) is 18.6 Å². The van der Waals surface area contributed by atoms with Crippen molar-refractivity contribution in [3.05, 3.63) is 53.1 Å². The van der Waals surface area contributed by atoms with Crippen LogP contribution in [-0.2, 0) is 26.2 Å². The zero-order valence-electron chi connectivity index (χ0n) is 20.2. The predicted molar refractivity (Wildman–Crippen MR) is 132 cm³/mol. The number of rotatable bonds is 5. The molecule has 1 spiro atoms. The molecule has 36 heavy (non-hydrogen) atoms. The quantitative estimate of drug-likeness (QED) is 0.595. The monoisotopic (exact) mass is 510 g/mol. The van der Waals surface area contributed by atoms with Crippen LogP contribution in [0.3, 0.4) is 0 Å². The van der Waals surface area contributed by atoms with E-state index in [2.05, 4.69) is 10.1 Å². The number of hydrogen-bond acceptors (Lipinski definition) is 8. The van der Waals surface area contributed by atoms with Gasteiger partial charge in [0.2, 0.25) is 0 Å². The average molecular weight is 511 g/mol. The second kappa shape index (κ2) is 7.46. The molecule has 2 saturated carbocycles. The number of phenolic OH excluding ortho intramolecular Hbond substituents is 1. The number of piperidine rings is 1. The normalized spacial score (nSPS) is 33.8. The lowest BCUT2D eigenvalue weighted by molar-refractivity contribution is -0.167. The van der Waals surface area contributed by atoms with E-state index in [-0.39, 0.29) is 16.7 Å². The Morgan fingerprint density at radius 3 is 2.69 bits per heavy atom. The van der Waals surface area contributed by atoms with Crippen LogP contribution >= 0.6 is 0 Å². The van der Waals surface area contributed by atoms with Crippen LogP contribution in [0.25, 0.3) is 0 Å². The van der Waals surface area contributed by atoms with Crippen molar-refractivity contribution in [1.82, 2.24) is 4.90 Å². The molecule has 5 aliphatic rings. The Balaban J connectivity index is 1.29. The summed E-state index contributed by atoms with van der Waals surface area (Å²) in [7, 11) is -4.11. The smallest absolute Gasteiger partial charge is 0.358 e. The van der Waals surface area contributed by atoms with Crippen LogP contribution in [0.15, 0.2) is 46.4 Å². The first-order valence-electron chi connectivity index (χ1n) is 12.8. The number of nitrogens with zero attached hydrogens (tertiary/aromatic N) is 2. The van der Waals surface area contributed by atoms with Crippen molar-refractivity contribution in [2.24, 2.45) is 11.1 Å². The van der Waals surface area contributed by atoms with Crippen molar-refractivity contribution in [3.8, 4) is 11.5 Å². The molecule has 4 atom stereocenters. The van der Waals surface area contributed by atoms with Gasteiger partial charge in [0.05, 0.1) is 11.0 Å². The predicted octanol–water partition coefficient (Wildman–Crippen LogP) is 3.03. The summed E-state index contributed by atoms with van der Waals surface area (Å²) in [5, 5.41) is 27.3. The summed E-state index contributed by atoms with van der Waals surface area (Å²) >= 11 is 0. The number of aliphatic hydroxyl groups is 1. The third-order valence-corrected chi connectivity index (χ3v) is 10.3. The van der Waals surface area contributed by atoms with Gasteiger partial charge < -0.3 is 14.9 Å². The van der Waals surface area contributed by atoms with Gasteiger partial charge in [-0.2, -0.15) is 8.42 Å². The molecule has 2 bridgehead atoms. The van der Waals surface area contributed by atoms with Crippen molar-refractivity contribution >= 4 is 15.8 Å². The van der Waals surface area contributed by atoms with E-state index in [1.54, 1.807) is 18.2 Å². The highest BCUT2D eigenvalue weighted by Crippen LogP contribution is 2.65. The highest BCUT2D eigenvalue weighted by molar-refractivity contribution is 7.86. The Bertz CT molecular complexity index is 1390. The fourth-order valence-electron chi connectivity index (χ4n) is 7.22. The van der Waals surface area contributed by atoms with Crippen LogP contribution in [0.1, 0.15) is 48.8 Å². The maximum absolute atomic E-state index is 12.8. The van der Waals surface area contributed by atoms with E-state index >= 15 is 0 Å². The molecule has 1 saturated heterocycles. The maximum atomic E-state index is 12.8. The summed E-state index contributed by atoms with van der Waals surface area (Å²) in [6.45, 7) is 3.69. The summed E-state index contributed by atoms with van der Waals surface area (Å²) < 4.78 is 37.2. The summed E-state index contributed by atoms with van der Waals surface area (Å²) in [6, 6.07) is 9.96. The lowest BCUT2D eigenvalue weighted by Gasteiger charge is -2.63. The molecule has 0 aromatic heterocycles. The van der Waals surface area contributed by atoms with Crippen LogP contribution in [0.5, 0.6) is 11.5 Å².